The fourth-order valence-electron chi connectivity index (χ4n) is 2.06. The van der Waals surface area contributed by atoms with Crippen LogP contribution < -0.4 is 0 Å². The van der Waals surface area contributed by atoms with Gasteiger partial charge in [-0.2, -0.15) is 0 Å². The lowest BCUT2D eigenvalue weighted by atomic mass is 9.80. The van der Waals surface area contributed by atoms with Gasteiger partial charge in [0.05, 0.1) is 5.92 Å². The van der Waals surface area contributed by atoms with Gasteiger partial charge in [0.25, 0.3) is 0 Å². The molecule has 2 N–H and O–H groups in total. The van der Waals surface area contributed by atoms with E-state index in [9.17, 15) is 9.90 Å². The van der Waals surface area contributed by atoms with Crippen molar-refractivity contribution in [3.63, 3.8) is 0 Å². The van der Waals surface area contributed by atoms with Crippen LogP contribution in [0.2, 0.25) is 0 Å². The molecule has 0 radical (unpaired) electrons. The SMILES string of the molecule is CC(C(=O)O)C1(O)CCSc2ccccc21. The Kier molecular flexibility index (Phi) is 2.95. The summed E-state index contributed by atoms with van der Waals surface area (Å²) < 4.78 is 0. The van der Waals surface area contributed by atoms with Crippen molar-refractivity contribution in [3.8, 4) is 0 Å². The van der Waals surface area contributed by atoms with Crippen LogP contribution >= 0.6 is 11.8 Å². The molecule has 0 bridgehead atoms. The zero-order valence-corrected chi connectivity index (χ0v) is 9.83. The van der Waals surface area contributed by atoms with Gasteiger partial charge >= 0.3 is 5.97 Å². The molecule has 0 amide bonds. The number of carboxylic acids is 1. The van der Waals surface area contributed by atoms with Crippen LogP contribution in [-0.4, -0.2) is 21.9 Å². The first-order valence-corrected chi connectivity index (χ1v) is 6.22. The molecule has 0 fully saturated rings. The number of aliphatic hydroxyl groups is 1. The van der Waals surface area contributed by atoms with Crippen LogP contribution in [0.15, 0.2) is 29.2 Å². The summed E-state index contributed by atoms with van der Waals surface area (Å²) in [6, 6.07) is 7.49. The summed E-state index contributed by atoms with van der Waals surface area (Å²) in [5.41, 5.74) is -0.477. The van der Waals surface area contributed by atoms with Crippen molar-refractivity contribution in [1.29, 1.82) is 0 Å². The van der Waals surface area contributed by atoms with E-state index in [0.717, 1.165) is 16.2 Å². The lowest BCUT2D eigenvalue weighted by Gasteiger charge is -2.36. The second-order valence-corrected chi connectivity index (χ2v) is 5.22. The van der Waals surface area contributed by atoms with Crippen molar-refractivity contribution in [2.24, 2.45) is 5.92 Å². The largest absolute Gasteiger partial charge is 0.481 e. The summed E-state index contributed by atoms with van der Waals surface area (Å²) in [5.74, 6) is -0.982. The molecule has 1 aromatic carbocycles. The van der Waals surface area contributed by atoms with Gasteiger partial charge in [-0.05, 0) is 25.0 Å². The highest BCUT2D eigenvalue weighted by Gasteiger charge is 2.43. The number of carboxylic acid groups (broad SMARTS) is 1. The minimum absolute atomic E-state index is 0.488. The Hall–Kier alpha value is -1.00. The van der Waals surface area contributed by atoms with E-state index in [1.807, 2.05) is 24.3 Å². The van der Waals surface area contributed by atoms with E-state index in [4.69, 9.17) is 5.11 Å². The van der Waals surface area contributed by atoms with Crippen molar-refractivity contribution >= 4 is 17.7 Å². The van der Waals surface area contributed by atoms with E-state index < -0.39 is 17.5 Å². The number of hydrogen-bond donors (Lipinski definition) is 2. The molecule has 1 aliphatic rings. The van der Waals surface area contributed by atoms with Crippen molar-refractivity contribution in [3.05, 3.63) is 29.8 Å². The molecule has 16 heavy (non-hydrogen) atoms. The smallest absolute Gasteiger partial charge is 0.309 e. The number of thioether (sulfide) groups is 1. The van der Waals surface area contributed by atoms with E-state index >= 15 is 0 Å². The molecule has 86 valence electrons. The maximum absolute atomic E-state index is 11.0. The lowest BCUT2D eigenvalue weighted by Crippen LogP contribution is -2.40. The number of rotatable bonds is 2. The number of aliphatic carboxylic acids is 1. The standard InChI is InChI=1S/C12H14O3S/c1-8(11(13)14)12(15)6-7-16-10-5-3-2-4-9(10)12/h2-5,8,15H,6-7H2,1H3,(H,13,14). The molecule has 1 aliphatic heterocycles. The van der Waals surface area contributed by atoms with Gasteiger partial charge in [0.1, 0.15) is 5.60 Å². The molecular formula is C12H14O3S. The Morgan fingerprint density at radius 1 is 1.50 bits per heavy atom. The van der Waals surface area contributed by atoms with Gasteiger partial charge < -0.3 is 10.2 Å². The predicted molar refractivity (Wildman–Crippen MR) is 62.5 cm³/mol. The van der Waals surface area contributed by atoms with E-state index in [-0.39, 0.29) is 0 Å². The molecule has 3 nitrogen and oxygen atoms in total. The monoisotopic (exact) mass is 238 g/mol. The van der Waals surface area contributed by atoms with Crippen molar-refractivity contribution in [2.75, 3.05) is 5.75 Å². The highest BCUT2D eigenvalue weighted by atomic mass is 32.2. The summed E-state index contributed by atoms with van der Waals surface area (Å²) >= 11 is 1.67. The Morgan fingerprint density at radius 2 is 2.19 bits per heavy atom. The molecule has 2 unspecified atom stereocenters. The lowest BCUT2D eigenvalue weighted by molar-refractivity contribution is -0.152. The Bertz CT molecular complexity index is 418. The summed E-state index contributed by atoms with van der Waals surface area (Å²) in [6.45, 7) is 1.56. The molecule has 1 aromatic rings. The third kappa shape index (κ3) is 1.72. The van der Waals surface area contributed by atoms with E-state index in [1.165, 1.54) is 0 Å². The first kappa shape index (κ1) is 11.5. The highest BCUT2D eigenvalue weighted by molar-refractivity contribution is 7.99. The third-order valence-electron chi connectivity index (χ3n) is 3.18. The molecule has 2 rings (SSSR count). The highest BCUT2D eigenvalue weighted by Crippen LogP contribution is 2.44. The summed E-state index contributed by atoms with van der Waals surface area (Å²) in [6.07, 6.45) is 0.488. The van der Waals surface area contributed by atoms with E-state index in [2.05, 4.69) is 0 Å². The molecule has 0 saturated heterocycles. The predicted octanol–water partition coefficient (Wildman–Crippen LogP) is 2.09. The van der Waals surface area contributed by atoms with Gasteiger partial charge in [-0.3, -0.25) is 4.79 Å². The van der Waals surface area contributed by atoms with Crippen LogP contribution in [0, 0.1) is 5.92 Å². The maximum atomic E-state index is 11.0. The Morgan fingerprint density at radius 3 is 2.88 bits per heavy atom. The van der Waals surface area contributed by atoms with Gasteiger partial charge in [-0.15, -0.1) is 11.8 Å². The van der Waals surface area contributed by atoms with Crippen molar-refractivity contribution in [2.45, 2.75) is 23.8 Å². The Balaban J connectivity index is 2.48. The van der Waals surface area contributed by atoms with Gasteiger partial charge in [0.15, 0.2) is 0 Å². The number of hydrogen-bond acceptors (Lipinski definition) is 3. The quantitative estimate of drug-likeness (QED) is 0.828. The molecule has 1 heterocycles. The van der Waals surface area contributed by atoms with Crippen molar-refractivity contribution < 1.29 is 15.0 Å². The van der Waals surface area contributed by atoms with Crippen LogP contribution in [0.5, 0.6) is 0 Å². The minimum Gasteiger partial charge on any atom is -0.481 e. The molecule has 2 atom stereocenters. The molecule has 0 spiro atoms. The fourth-order valence-corrected chi connectivity index (χ4v) is 3.26. The zero-order valence-electron chi connectivity index (χ0n) is 9.01. The molecular weight excluding hydrogens is 224 g/mol. The number of carbonyl (C=O) groups is 1. The fraction of sp³-hybridized carbons (Fsp3) is 0.417. The van der Waals surface area contributed by atoms with Gasteiger partial charge in [0, 0.05) is 10.6 Å². The normalized spacial score (nSPS) is 25.9. The van der Waals surface area contributed by atoms with Crippen LogP contribution in [0.3, 0.4) is 0 Å². The van der Waals surface area contributed by atoms with Gasteiger partial charge in [0.2, 0.25) is 0 Å². The van der Waals surface area contributed by atoms with Gasteiger partial charge in [-0.25, -0.2) is 0 Å². The Labute approximate surface area is 98.5 Å². The molecule has 0 aromatic heterocycles. The van der Waals surface area contributed by atoms with Crippen LogP contribution in [0.1, 0.15) is 18.9 Å². The average molecular weight is 238 g/mol. The van der Waals surface area contributed by atoms with Crippen LogP contribution in [-0.2, 0) is 10.4 Å². The maximum Gasteiger partial charge on any atom is 0.309 e. The minimum atomic E-state index is -1.23. The molecule has 0 aliphatic carbocycles. The molecule has 0 saturated carbocycles. The van der Waals surface area contributed by atoms with E-state index in [0.29, 0.717) is 6.42 Å². The van der Waals surface area contributed by atoms with Crippen molar-refractivity contribution in [1.82, 2.24) is 0 Å². The molecule has 4 heteroatoms. The summed E-state index contributed by atoms with van der Waals surface area (Å²) in [7, 11) is 0. The number of fused-ring (bicyclic) bond motifs is 1. The van der Waals surface area contributed by atoms with Gasteiger partial charge in [-0.1, -0.05) is 18.2 Å². The van der Waals surface area contributed by atoms with E-state index in [1.54, 1.807) is 18.7 Å². The topological polar surface area (TPSA) is 57.5 Å². The second-order valence-electron chi connectivity index (χ2n) is 4.08. The average Bonchev–Trinajstić information content (AvgIpc) is 2.28. The number of benzene rings is 1. The first-order valence-electron chi connectivity index (χ1n) is 5.23. The third-order valence-corrected chi connectivity index (χ3v) is 4.26. The summed E-state index contributed by atoms with van der Waals surface area (Å²) in [5, 5.41) is 19.6. The zero-order chi connectivity index (χ0) is 11.8. The van der Waals surface area contributed by atoms with Crippen LogP contribution in [0.25, 0.3) is 0 Å². The van der Waals surface area contributed by atoms with Crippen LogP contribution in [0.4, 0.5) is 0 Å². The first-order chi connectivity index (χ1) is 7.55. The summed E-state index contributed by atoms with van der Waals surface area (Å²) in [4.78, 5) is 12.0. The second kappa shape index (κ2) is 4.11.